The first-order valence-corrected chi connectivity index (χ1v) is 8.15. The average molecular weight is 353 g/mol. The Morgan fingerprint density at radius 2 is 1.80 bits per heavy atom. The number of nitrogens with zero attached hydrogens (tertiary/aromatic N) is 2. The molecule has 1 heterocycles. The van der Waals surface area contributed by atoms with Gasteiger partial charge < -0.3 is 9.64 Å². The Balaban J connectivity index is 1.94. The van der Waals surface area contributed by atoms with E-state index in [0.717, 1.165) is 17.0 Å². The summed E-state index contributed by atoms with van der Waals surface area (Å²) < 4.78 is 5.20. The zero-order valence-corrected chi connectivity index (χ0v) is 14.5. The monoisotopic (exact) mass is 352 g/mol. The van der Waals surface area contributed by atoms with E-state index in [1.54, 1.807) is 36.5 Å². The molecule has 3 rings (SSSR count). The fraction of sp³-hybridized carbons (Fsp3) is 0.100. The molecule has 1 aromatic heterocycles. The van der Waals surface area contributed by atoms with E-state index in [-0.39, 0.29) is 5.91 Å². The molecule has 0 radical (unpaired) electrons. The number of rotatable bonds is 5. The Morgan fingerprint density at radius 3 is 2.40 bits per heavy atom. The topological polar surface area (TPSA) is 42.4 Å². The van der Waals surface area contributed by atoms with Crippen LogP contribution in [0.5, 0.6) is 5.75 Å². The summed E-state index contributed by atoms with van der Waals surface area (Å²) in [6.07, 6.45) is 3.22. The lowest BCUT2D eigenvalue weighted by atomic mass is 10.1. The molecule has 0 aliphatic heterocycles. The fourth-order valence-electron chi connectivity index (χ4n) is 2.46. The minimum atomic E-state index is -0.117. The number of pyridine rings is 1. The molecule has 0 aliphatic carbocycles. The minimum absolute atomic E-state index is 0.117. The number of hydrogen-bond donors (Lipinski definition) is 0. The average Bonchev–Trinajstić information content (AvgIpc) is 2.68. The molecule has 25 heavy (non-hydrogen) atoms. The molecule has 0 spiro atoms. The number of halogens is 1. The number of ether oxygens (including phenoxy) is 1. The first-order chi connectivity index (χ1) is 12.2. The van der Waals surface area contributed by atoms with Crippen molar-refractivity contribution in [3.8, 4) is 5.75 Å². The predicted molar refractivity (Wildman–Crippen MR) is 99.2 cm³/mol. The van der Waals surface area contributed by atoms with Crippen LogP contribution in [0.1, 0.15) is 15.9 Å². The quantitative estimate of drug-likeness (QED) is 0.674. The molecule has 0 unspecified atom stereocenters. The molecular formula is C20H17ClN2O2. The van der Waals surface area contributed by atoms with E-state index in [2.05, 4.69) is 4.98 Å². The van der Waals surface area contributed by atoms with Gasteiger partial charge in [-0.05, 0) is 54.1 Å². The van der Waals surface area contributed by atoms with E-state index >= 15 is 0 Å². The zero-order chi connectivity index (χ0) is 17.6. The highest BCUT2D eigenvalue weighted by molar-refractivity contribution is 6.30. The number of amides is 1. The van der Waals surface area contributed by atoms with Crippen LogP contribution in [-0.2, 0) is 6.54 Å². The van der Waals surface area contributed by atoms with Gasteiger partial charge in [0.2, 0.25) is 0 Å². The summed E-state index contributed by atoms with van der Waals surface area (Å²) in [5.74, 6) is 0.622. The Hall–Kier alpha value is -2.85. The van der Waals surface area contributed by atoms with Crippen molar-refractivity contribution in [1.82, 2.24) is 4.98 Å². The molecule has 0 atom stereocenters. The Morgan fingerprint density at radius 1 is 1.08 bits per heavy atom. The molecule has 3 aromatic rings. The van der Waals surface area contributed by atoms with Gasteiger partial charge in [0.05, 0.1) is 19.2 Å². The summed E-state index contributed by atoms with van der Waals surface area (Å²) in [6, 6.07) is 18.4. The lowest BCUT2D eigenvalue weighted by Crippen LogP contribution is -2.30. The molecule has 0 saturated carbocycles. The molecular weight excluding hydrogens is 336 g/mol. The van der Waals surface area contributed by atoms with Crippen molar-refractivity contribution >= 4 is 23.2 Å². The molecule has 4 nitrogen and oxygen atoms in total. The number of hydrogen-bond acceptors (Lipinski definition) is 3. The second-order valence-corrected chi connectivity index (χ2v) is 5.89. The largest absolute Gasteiger partial charge is 0.497 e. The van der Waals surface area contributed by atoms with Crippen molar-refractivity contribution in [2.24, 2.45) is 0 Å². The minimum Gasteiger partial charge on any atom is -0.497 e. The normalized spacial score (nSPS) is 10.3. The van der Waals surface area contributed by atoms with Crippen molar-refractivity contribution < 1.29 is 9.53 Å². The summed E-state index contributed by atoms with van der Waals surface area (Å²) in [4.78, 5) is 18.8. The maximum Gasteiger partial charge on any atom is 0.260 e. The third-order valence-electron chi connectivity index (χ3n) is 3.79. The van der Waals surface area contributed by atoms with Crippen LogP contribution in [0, 0.1) is 0 Å². The first-order valence-electron chi connectivity index (χ1n) is 7.78. The van der Waals surface area contributed by atoms with Gasteiger partial charge in [0.15, 0.2) is 0 Å². The first kappa shape index (κ1) is 17.0. The van der Waals surface area contributed by atoms with Crippen molar-refractivity contribution in [3.63, 3.8) is 0 Å². The maximum absolute atomic E-state index is 13.0. The van der Waals surface area contributed by atoms with Gasteiger partial charge in [0, 0.05) is 23.1 Å². The van der Waals surface area contributed by atoms with Gasteiger partial charge >= 0.3 is 0 Å². The summed E-state index contributed by atoms with van der Waals surface area (Å²) in [5.41, 5.74) is 2.30. The van der Waals surface area contributed by atoms with Gasteiger partial charge in [-0.3, -0.25) is 9.78 Å². The van der Waals surface area contributed by atoms with Gasteiger partial charge in [-0.1, -0.05) is 23.7 Å². The number of aromatic nitrogens is 1. The molecule has 0 bridgehead atoms. The van der Waals surface area contributed by atoms with Crippen LogP contribution in [0.2, 0.25) is 5.02 Å². The number of carbonyl (C=O) groups excluding carboxylic acids is 1. The van der Waals surface area contributed by atoms with Crippen LogP contribution in [-0.4, -0.2) is 18.0 Å². The Kier molecular flexibility index (Phi) is 5.31. The highest BCUT2D eigenvalue weighted by Crippen LogP contribution is 2.23. The zero-order valence-electron chi connectivity index (χ0n) is 13.7. The lowest BCUT2D eigenvalue weighted by molar-refractivity contribution is 0.0984. The second-order valence-electron chi connectivity index (χ2n) is 5.46. The molecule has 126 valence electrons. The maximum atomic E-state index is 13.0. The third-order valence-corrected chi connectivity index (χ3v) is 4.04. The Labute approximate surface area is 151 Å². The highest BCUT2D eigenvalue weighted by Gasteiger charge is 2.18. The van der Waals surface area contributed by atoms with Gasteiger partial charge in [0.25, 0.3) is 5.91 Å². The predicted octanol–water partition coefficient (Wildman–Crippen LogP) is 4.59. The standard InChI is InChI=1S/C20H17ClN2O2/c1-25-19-10-8-18(9-11-19)23(14-15-4-6-17(21)7-5-15)20(24)16-3-2-12-22-13-16/h2-13H,14H2,1H3. The molecule has 2 aromatic carbocycles. The molecule has 1 amide bonds. The van der Waals surface area contributed by atoms with E-state index in [1.807, 2.05) is 48.5 Å². The van der Waals surface area contributed by atoms with Crippen molar-refractivity contribution in [3.05, 3.63) is 89.2 Å². The van der Waals surface area contributed by atoms with Gasteiger partial charge in [-0.2, -0.15) is 0 Å². The molecule has 0 saturated heterocycles. The van der Waals surface area contributed by atoms with Crippen LogP contribution in [0.15, 0.2) is 73.1 Å². The summed E-state index contributed by atoms with van der Waals surface area (Å²) in [7, 11) is 1.61. The van der Waals surface area contributed by atoms with Crippen LogP contribution < -0.4 is 9.64 Å². The number of carbonyl (C=O) groups is 1. The van der Waals surface area contributed by atoms with Crippen molar-refractivity contribution in [2.75, 3.05) is 12.0 Å². The molecule has 0 N–H and O–H groups in total. The van der Waals surface area contributed by atoms with Crippen LogP contribution in [0.25, 0.3) is 0 Å². The summed E-state index contributed by atoms with van der Waals surface area (Å²) in [5, 5.41) is 0.665. The van der Waals surface area contributed by atoms with E-state index in [4.69, 9.17) is 16.3 Å². The van der Waals surface area contributed by atoms with Gasteiger partial charge in [0.1, 0.15) is 5.75 Å². The summed E-state index contributed by atoms with van der Waals surface area (Å²) >= 11 is 5.95. The van der Waals surface area contributed by atoms with Gasteiger partial charge in [-0.25, -0.2) is 0 Å². The van der Waals surface area contributed by atoms with Gasteiger partial charge in [-0.15, -0.1) is 0 Å². The molecule has 5 heteroatoms. The van der Waals surface area contributed by atoms with Crippen LogP contribution >= 0.6 is 11.6 Å². The van der Waals surface area contributed by atoms with Crippen LogP contribution in [0.3, 0.4) is 0 Å². The van der Waals surface area contributed by atoms with E-state index < -0.39 is 0 Å². The molecule has 0 fully saturated rings. The number of methoxy groups -OCH3 is 1. The third kappa shape index (κ3) is 4.17. The smallest absolute Gasteiger partial charge is 0.260 e. The van der Waals surface area contributed by atoms with Crippen LogP contribution in [0.4, 0.5) is 5.69 Å². The lowest BCUT2D eigenvalue weighted by Gasteiger charge is -2.23. The SMILES string of the molecule is COc1ccc(N(Cc2ccc(Cl)cc2)C(=O)c2cccnc2)cc1. The fourth-order valence-corrected chi connectivity index (χ4v) is 2.59. The van der Waals surface area contributed by atoms with Crippen molar-refractivity contribution in [2.45, 2.75) is 6.54 Å². The van der Waals surface area contributed by atoms with E-state index in [1.165, 1.54) is 0 Å². The van der Waals surface area contributed by atoms with E-state index in [0.29, 0.717) is 17.1 Å². The number of benzene rings is 2. The Bertz CT molecular complexity index is 834. The second kappa shape index (κ2) is 7.81. The van der Waals surface area contributed by atoms with E-state index in [9.17, 15) is 4.79 Å². The molecule has 0 aliphatic rings. The van der Waals surface area contributed by atoms with Crippen molar-refractivity contribution in [1.29, 1.82) is 0 Å². The summed E-state index contributed by atoms with van der Waals surface area (Å²) in [6.45, 7) is 0.428. The highest BCUT2D eigenvalue weighted by atomic mass is 35.5. The number of anilines is 1.